The van der Waals surface area contributed by atoms with E-state index in [0.717, 1.165) is 12.1 Å². The number of carbonyl (C=O) groups is 1. The lowest BCUT2D eigenvalue weighted by Gasteiger charge is -2.14. The molecule has 0 unspecified atom stereocenters. The van der Waals surface area contributed by atoms with Crippen molar-refractivity contribution in [2.75, 3.05) is 5.32 Å². The maximum absolute atomic E-state index is 12.9. The zero-order chi connectivity index (χ0) is 19.9. The third kappa shape index (κ3) is 5.33. The molecule has 142 valence electrons. The van der Waals surface area contributed by atoms with Crippen LogP contribution in [-0.2, 0) is 6.18 Å². The Labute approximate surface area is 170 Å². The summed E-state index contributed by atoms with van der Waals surface area (Å²) in [6.07, 6.45) is -9.78. The van der Waals surface area contributed by atoms with Gasteiger partial charge in [0.2, 0.25) is 0 Å². The van der Waals surface area contributed by atoms with E-state index < -0.39 is 34.8 Å². The summed E-state index contributed by atoms with van der Waals surface area (Å²) in [6, 6.07) is 1.81. The van der Waals surface area contributed by atoms with Gasteiger partial charge in [0.1, 0.15) is 10.6 Å². The molecule has 0 saturated carbocycles. The summed E-state index contributed by atoms with van der Waals surface area (Å²) >= 11 is 9.11. The quantitative estimate of drug-likeness (QED) is 0.409. The molecule has 1 aromatic heterocycles. The molecule has 4 nitrogen and oxygen atoms in total. The van der Waals surface area contributed by atoms with Gasteiger partial charge in [0.05, 0.1) is 5.69 Å². The Hall–Kier alpha value is -0.860. The molecule has 2 rings (SSSR count). The van der Waals surface area contributed by atoms with Crippen LogP contribution >= 0.6 is 59.1 Å². The van der Waals surface area contributed by atoms with Crippen LogP contribution in [0.1, 0.15) is 15.4 Å². The first kappa shape index (κ1) is 21.4. The van der Waals surface area contributed by atoms with E-state index in [0.29, 0.717) is 11.3 Å². The lowest BCUT2D eigenvalue weighted by Crippen LogP contribution is -2.18. The number of ether oxygens (including phenoxy) is 1. The molecule has 0 fully saturated rings. The summed E-state index contributed by atoms with van der Waals surface area (Å²) < 4.78 is 79.1. The maximum Gasteiger partial charge on any atom is 0.573 e. The number of hydrogen-bond acceptors (Lipinski definition) is 4. The van der Waals surface area contributed by atoms with Gasteiger partial charge in [-0.15, -0.1) is 24.5 Å². The van der Waals surface area contributed by atoms with Crippen molar-refractivity contribution in [1.29, 1.82) is 0 Å². The molecule has 0 aliphatic rings. The highest BCUT2D eigenvalue weighted by molar-refractivity contribution is 9.11. The van der Waals surface area contributed by atoms with Gasteiger partial charge < -0.3 is 10.1 Å². The second-order valence-corrected chi connectivity index (χ2v) is 8.39. The minimum atomic E-state index is -4.93. The lowest BCUT2D eigenvalue weighted by molar-refractivity contribution is -0.274. The molecule has 14 heteroatoms. The number of halogens is 9. The largest absolute Gasteiger partial charge is 0.573 e. The van der Waals surface area contributed by atoms with Crippen LogP contribution < -0.4 is 10.1 Å². The number of nitrogens with one attached hydrogen (secondary N) is 1. The highest BCUT2D eigenvalue weighted by atomic mass is 79.9. The van der Waals surface area contributed by atoms with Crippen molar-refractivity contribution in [3.05, 3.63) is 35.6 Å². The highest BCUT2D eigenvalue weighted by Gasteiger charge is 2.39. The molecule has 0 bridgehead atoms. The standard InChI is InChI=1S/C12H3Br3F6N2O2S/c13-4-1-3(25-12(19,20)21)2-5(14)6(4)22-9(24)7-8(11(16,17)18)23-10(15)26-7/h1-2H,(H,22,24). The van der Waals surface area contributed by atoms with Crippen molar-refractivity contribution in [1.82, 2.24) is 4.98 Å². The molecule has 1 amide bonds. The number of rotatable bonds is 3. The van der Waals surface area contributed by atoms with Gasteiger partial charge in [0.25, 0.3) is 5.91 Å². The summed E-state index contributed by atoms with van der Waals surface area (Å²) in [5, 5.41) is 2.19. The summed E-state index contributed by atoms with van der Waals surface area (Å²) in [4.78, 5) is 14.7. The third-order valence-electron chi connectivity index (χ3n) is 2.56. The predicted molar refractivity (Wildman–Crippen MR) is 91.3 cm³/mol. The molecule has 0 radical (unpaired) electrons. The second-order valence-electron chi connectivity index (χ2n) is 4.41. The molecular weight excluding hydrogens is 590 g/mol. The van der Waals surface area contributed by atoms with Gasteiger partial charge in [-0.25, -0.2) is 4.98 Å². The number of alkyl halides is 6. The smallest absolute Gasteiger partial charge is 0.406 e. The molecule has 0 spiro atoms. The predicted octanol–water partition coefficient (Wildman–Crippen LogP) is 6.60. The van der Waals surface area contributed by atoms with E-state index in [-0.39, 0.29) is 18.5 Å². The number of anilines is 1. The Morgan fingerprint density at radius 3 is 2.08 bits per heavy atom. The Balaban J connectivity index is 2.33. The molecular formula is C12H3Br3F6N2O2S. The highest BCUT2D eigenvalue weighted by Crippen LogP contribution is 2.39. The third-order valence-corrected chi connectivity index (χ3v) is 5.32. The first-order valence-electron chi connectivity index (χ1n) is 6.07. The first-order chi connectivity index (χ1) is 11.8. The number of nitrogens with zero attached hydrogens (tertiary/aromatic N) is 1. The first-order valence-corrected chi connectivity index (χ1v) is 9.27. The van der Waals surface area contributed by atoms with Crippen LogP contribution in [0, 0.1) is 0 Å². The van der Waals surface area contributed by atoms with E-state index in [4.69, 9.17) is 0 Å². The summed E-state index contributed by atoms with van der Waals surface area (Å²) in [5.74, 6) is -1.72. The van der Waals surface area contributed by atoms with Crippen LogP contribution in [0.4, 0.5) is 32.0 Å². The SMILES string of the molecule is O=C(Nc1c(Br)cc(OC(F)(F)F)cc1Br)c1sc(Br)nc1C(F)(F)F. The molecule has 0 aliphatic carbocycles. The van der Waals surface area contributed by atoms with Crippen molar-refractivity contribution in [3.63, 3.8) is 0 Å². The van der Waals surface area contributed by atoms with Crippen LogP contribution in [0.2, 0.25) is 0 Å². The van der Waals surface area contributed by atoms with Crippen LogP contribution in [0.5, 0.6) is 5.75 Å². The Bertz CT molecular complexity index is 829. The number of hydrogen-bond donors (Lipinski definition) is 1. The van der Waals surface area contributed by atoms with Crippen LogP contribution in [0.25, 0.3) is 0 Å². The number of amides is 1. The van der Waals surface area contributed by atoms with Gasteiger partial charge in [-0.05, 0) is 59.9 Å². The van der Waals surface area contributed by atoms with Crippen molar-refractivity contribution >= 4 is 70.7 Å². The number of carbonyl (C=O) groups excluding carboxylic acids is 1. The zero-order valence-electron chi connectivity index (χ0n) is 11.7. The molecule has 0 saturated heterocycles. The molecule has 1 heterocycles. The van der Waals surface area contributed by atoms with Crippen LogP contribution in [0.15, 0.2) is 25.0 Å². The topological polar surface area (TPSA) is 51.2 Å². The summed E-state index contributed by atoms with van der Waals surface area (Å²) in [6.45, 7) is 0. The zero-order valence-corrected chi connectivity index (χ0v) is 17.3. The van der Waals surface area contributed by atoms with E-state index in [1.54, 1.807) is 0 Å². The van der Waals surface area contributed by atoms with Gasteiger partial charge in [-0.3, -0.25) is 4.79 Å². The fourth-order valence-corrected chi connectivity index (χ4v) is 4.38. The van der Waals surface area contributed by atoms with Crippen molar-refractivity contribution < 1.29 is 35.9 Å². The van der Waals surface area contributed by atoms with E-state index in [1.807, 2.05) is 0 Å². The molecule has 1 aromatic carbocycles. The molecule has 0 aliphatic heterocycles. The van der Waals surface area contributed by atoms with E-state index in [1.165, 1.54) is 0 Å². The fourth-order valence-electron chi connectivity index (χ4n) is 1.67. The molecule has 2 aromatic rings. The van der Waals surface area contributed by atoms with Crippen molar-refractivity contribution in [2.45, 2.75) is 12.5 Å². The van der Waals surface area contributed by atoms with Crippen LogP contribution in [0.3, 0.4) is 0 Å². The van der Waals surface area contributed by atoms with E-state index in [9.17, 15) is 31.1 Å². The van der Waals surface area contributed by atoms with Crippen molar-refractivity contribution in [2.24, 2.45) is 0 Å². The Morgan fingerprint density at radius 1 is 1.08 bits per heavy atom. The molecule has 26 heavy (non-hydrogen) atoms. The van der Waals surface area contributed by atoms with Gasteiger partial charge >= 0.3 is 12.5 Å². The fraction of sp³-hybridized carbons (Fsp3) is 0.167. The number of aromatic nitrogens is 1. The van der Waals surface area contributed by atoms with Gasteiger partial charge in [-0.1, -0.05) is 0 Å². The summed E-state index contributed by atoms with van der Waals surface area (Å²) in [7, 11) is 0. The Kier molecular flexibility index (Phi) is 6.30. The average Bonchev–Trinajstić information content (AvgIpc) is 2.83. The lowest BCUT2D eigenvalue weighted by atomic mass is 10.2. The second kappa shape index (κ2) is 7.64. The van der Waals surface area contributed by atoms with Gasteiger partial charge in [0.15, 0.2) is 9.61 Å². The minimum absolute atomic E-state index is 0.0448. The van der Waals surface area contributed by atoms with E-state index in [2.05, 4.69) is 62.8 Å². The van der Waals surface area contributed by atoms with Crippen LogP contribution in [-0.4, -0.2) is 17.3 Å². The maximum atomic E-state index is 12.9. The van der Waals surface area contributed by atoms with Gasteiger partial charge in [0, 0.05) is 8.95 Å². The Morgan fingerprint density at radius 2 is 1.62 bits per heavy atom. The average molecular weight is 593 g/mol. The summed E-state index contributed by atoms with van der Waals surface area (Å²) in [5.41, 5.74) is -1.46. The molecule has 1 N–H and O–H groups in total. The van der Waals surface area contributed by atoms with Crippen molar-refractivity contribution in [3.8, 4) is 5.75 Å². The normalized spacial score (nSPS) is 12.2. The molecule has 0 atom stereocenters. The number of thiazole rings is 1. The van der Waals surface area contributed by atoms with Gasteiger partial charge in [-0.2, -0.15) is 13.2 Å². The van der Waals surface area contributed by atoms with E-state index >= 15 is 0 Å². The number of benzene rings is 1. The monoisotopic (exact) mass is 590 g/mol. The minimum Gasteiger partial charge on any atom is -0.406 e.